The molecule has 0 saturated heterocycles. The molecule has 2 aromatic rings. The highest BCUT2D eigenvalue weighted by Crippen LogP contribution is 2.07. The maximum atomic E-state index is 12.5. The van der Waals surface area contributed by atoms with Crippen LogP contribution in [0.1, 0.15) is 33.6 Å². The van der Waals surface area contributed by atoms with Crippen LogP contribution in [0.25, 0.3) is 0 Å². The van der Waals surface area contributed by atoms with E-state index in [-0.39, 0.29) is 11.1 Å². The molecule has 2 aromatic carbocycles. The zero-order valence-corrected chi connectivity index (χ0v) is 13.2. The predicted molar refractivity (Wildman–Crippen MR) is 88.4 cm³/mol. The van der Waals surface area contributed by atoms with Gasteiger partial charge in [0.15, 0.2) is 0 Å². The van der Waals surface area contributed by atoms with Gasteiger partial charge in [-0.25, -0.2) is 0 Å². The molecule has 0 spiro atoms. The van der Waals surface area contributed by atoms with Crippen molar-refractivity contribution < 1.29 is 24.3 Å². The number of hydrazine groups is 1. The highest BCUT2D eigenvalue weighted by molar-refractivity contribution is 6.07. The van der Waals surface area contributed by atoms with E-state index >= 15 is 0 Å². The van der Waals surface area contributed by atoms with Crippen LogP contribution in [0.3, 0.4) is 0 Å². The van der Waals surface area contributed by atoms with Gasteiger partial charge < -0.3 is 5.11 Å². The Hall–Kier alpha value is -3.48. The highest BCUT2D eigenvalue weighted by atomic mass is 16.4. The van der Waals surface area contributed by atoms with Crippen LogP contribution in [0, 0.1) is 0 Å². The number of aliphatic carboxylic acids is 1. The average Bonchev–Trinajstić information content (AvgIpc) is 2.64. The molecule has 0 aliphatic rings. The molecule has 128 valence electrons. The van der Waals surface area contributed by atoms with E-state index in [9.17, 15) is 19.2 Å². The lowest BCUT2D eigenvalue weighted by molar-refractivity contribution is -0.140. The minimum Gasteiger partial charge on any atom is -0.481 e. The Morgan fingerprint density at radius 1 is 0.800 bits per heavy atom. The third-order valence-corrected chi connectivity index (χ3v) is 3.28. The summed E-state index contributed by atoms with van der Waals surface area (Å²) in [5.74, 6) is -3.36. The minimum absolute atomic E-state index is 0.194. The monoisotopic (exact) mass is 340 g/mol. The van der Waals surface area contributed by atoms with E-state index in [1.165, 1.54) is 24.3 Å². The van der Waals surface area contributed by atoms with Gasteiger partial charge in [-0.2, -0.15) is 5.01 Å². The van der Waals surface area contributed by atoms with Crippen molar-refractivity contribution in [3.8, 4) is 0 Å². The molecule has 0 bridgehead atoms. The Morgan fingerprint density at radius 3 is 1.84 bits per heavy atom. The highest BCUT2D eigenvalue weighted by Gasteiger charge is 2.25. The summed E-state index contributed by atoms with van der Waals surface area (Å²) in [6, 6.07) is 16.0. The number of amides is 3. The molecule has 25 heavy (non-hydrogen) atoms. The van der Waals surface area contributed by atoms with Gasteiger partial charge in [0.25, 0.3) is 11.8 Å². The van der Waals surface area contributed by atoms with Gasteiger partial charge in [-0.05, 0) is 24.3 Å². The van der Waals surface area contributed by atoms with Crippen molar-refractivity contribution in [3.05, 3.63) is 71.8 Å². The Bertz CT molecular complexity index is 775. The summed E-state index contributed by atoms with van der Waals surface area (Å²) in [5.41, 5.74) is 2.71. The van der Waals surface area contributed by atoms with Crippen LogP contribution in [0.2, 0.25) is 0 Å². The van der Waals surface area contributed by atoms with E-state index in [4.69, 9.17) is 5.11 Å². The number of hydrogen-bond donors (Lipinski definition) is 2. The molecule has 2 N–H and O–H groups in total. The van der Waals surface area contributed by atoms with Gasteiger partial charge in [0, 0.05) is 17.5 Å². The van der Waals surface area contributed by atoms with Gasteiger partial charge in [-0.3, -0.25) is 24.6 Å². The Labute approximate surface area is 143 Å². The largest absolute Gasteiger partial charge is 0.481 e. The number of carboxylic acid groups (broad SMARTS) is 1. The fourth-order valence-corrected chi connectivity index (χ4v) is 2.02. The maximum Gasteiger partial charge on any atom is 0.303 e. The number of carboxylic acids is 1. The molecule has 0 unspecified atom stereocenters. The molecule has 0 saturated carbocycles. The molecule has 7 heteroatoms. The standard InChI is InChI=1S/C18H16N2O5/c21-15(11-12-16(22)23)20(18(25)14-9-5-2-6-10-14)19-17(24)13-7-3-1-4-8-13/h1-10H,11-12H2,(H,19,24)(H,22,23). The molecule has 2 rings (SSSR count). The van der Waals surface area contributed by atoms with Crippen LogP contribution in [0.15, 0.2) is 60.7 Å². The number of benzene rings is 2. The van der Waals surface area contributed by atoms with Crippen LogP contribution in [-0.2, 0) is 9.59 Å². The number of carbonyl (C=O) groups is 4. The summed E-state index contributed by atoms with van der Waals surface area (Å²) in [6.07, 6.45) is -0.860. The Morgan fingerprint density at radius 2 is 1.32 bits per heavy atom. The SMILES string of the molecule is O=C(O)CCC(=O)N(NC(=O)c1ccccc1)C(=O)c1ccccc1. The summed E-state index contributed by atoms with van der Waals surface area (Å²) in [6.45, 7) is 0. The fraction of sp³-hybridized carbons (Fsp3) is 0.111. The molecular weight excluding hydrogens is 324 g/mol. The number of nitrogens with one attached hydrogen (secondary N) is 1. The summed E-state index contributed by atoms with van der Waals surface area (Å²) in [5, 5.41) is 9.28. The lowest BCUT2D eigenvalue weighted by Crippen LogP contribution is -2.50. The van der Waals surface area contributed by atoms with Gasteiger partial charge in [0.2, 0.25) is 5.91 Å². The lowest BCUT2D eigenvalue weighted by Gasteiger charge is -2.21. The van der Waals surface area contributed by atoms with Crippen LogP contribution >= 0.6 is 0 Å². The molecule has 7 nitrogen and oxygen atoms in total. The summed E-state index contributed by atoms with van der Waals surface area (Å²) >= 11 is 0. The van der Waals surface area contributed by atoms with E-state index in [0.717, 1.165) is 0 Å². The first kappa shape index (κ1) is 17.9. The van der Waals surface area contributed by atoms with E-state index in [0.29, 0.717) is 5.01 Å². The van der Waals surface area contributed by atoms with Crippen molar-refractivity contribution in [2.45, 2.75) is 12.8 Å². The quantitative estimate of drug-likeness (QED) is 0.809. The molecular formula is C18H16N2O5. The van der Waals surface area contributed by atoms with Crippen LogP contribution < -0.4 is 5.43 Å². The third-order valence-electron chi connectivity index (χ3n) is 3.28. The normalized spacial score (nSPS) is 9.92. The van der Waals surface area contributed by atoms with Gasteiger partial charge in [-0.15, -0.1) is 0 Å². The van der Waals surface area contributed by atoms with Gasteiger partial charge in [0.1, 0.15) is 0 Å². The predicted octanol–water partition coefficient (Wildman–Crippen LogP) is 1.87. The van der Waals surface area contributed by atoms with Crippen molar-refractivity contribution >= 4 is 23.7 Å². The zero-order valence-electron chi connectivity index (χ0n) is 13.2. The first-order chi connectivity index (χ1) is 12.0. The van der Waals surface area contributed by atoms with Gasteiger partial charge in [0.05, 0.1) is 6.42 Å². The minimum atomic E-state index is -1.17. The average molecular weight is 340 g/mol. The van der Waals surface area contributed by atoms with Crippen LogP contribution in [0.4, 0.5) is 0 Å². The first-order valence-corrected chi connectivity index (χ1v) is 7.49. The van der Waals surface area contributed by atoms with E-state index in [1.54, 1.807) is 36.4 Å². The maximum absolute atomic E-state index is 12.5. The second-order valence-corrected chi connectivity index (χ2v) is 5.10. The summed E-state index contributed by atoms with van der Waals surface area (Å²) in [7, 11) is 0. The fourth-order valence-electron chi connectivity index (χ4n) is 2.02. The summed E-state index contributed by atoms with van der Waals surface area (Å²) < 4.78 is 0. The molecule has 0 aromatic heterocycles. The van der Waals surface area contributed by atoms with Gasteiger partial charge in [-0.1, -0.05) is 36.4 Å². The van der Waals surface area contributed by atoms with Crippen molar-refractivity contribution in [3.63, 3.8) is 0 Å². The van der Waals surface area contributed by atoms with E-state index in [2.05, 4.69) is 5.43 Å². The smallest absolute Gasteiger partial charge is 0.303 e. The van der Waals surface area contributed by atoms with Crippen molar-refractivity contribution in [1.82, 2.24) is 10.4 Å². The Balaban J connectivity index is 2.22. The summed E-state index contributed by atoms with van der Waals surface area (Å²) in [4.78, 5) is 47.7. The molecule has 3 amide bonds. The van der Waals surface area contributed by atoms with Crippen molar-refractivity contribution in [2.75, 3.05) is 0 Å². The topological polar surface area (TPSA) is 104 Å². The number of imide groups is 1. The van der Waals surface area contributed by atoms with Crippen molar-refractivity contribution in [2.24, 2.45) is 0 Å². The Kier molecular flexibility index (Phi) is 6.00. The third kappa shape index (κ3) is 5.00. The first-order valence-electron chi connectivity index (χ1n) is 7.49. The molecule has 0 aliphatic heterocycles. The van der Waals surface area contributed by atoms with Crippen LogP contribution in [0.5, 0.6) is 0 Å². The molecule has 0 radical (unpaired) electrons. The molecule has 0 atom stereocenters. The van der Waals surface area contributed by atoms with E-state index in [1.807, 2.05) is 0 Å². The number of nitrogens with zero attached hydrogens (tertiary/aromatic N) is 1. The van der Waals surface area contributed by atoms with Gasteiger partial charge >= 0.3 is 5.97 Å². The molecule has 0 heterocycles. The zero-order chi connectivity index (χ0) is 18.2. The number of rotatable bonds is 5. The second-order valence-electron chi connectivity index (χ2n) is 5.10. The molecule has 0 fully saturated rings. The number of carbonyl (C=O) groups excluding carboxylic acids is 3. The van der Waals surface area contributed by atoms with Crippen LogP contribution in [-0.4, -0.2) is 33.8 Å². The second kappa shape index (κ2) is 8.39. The molecule has 0 aliphatic carbocycles. The van der Waals surface area contributed by atoms with E-state index < -0.39 is 36.5 Å². The number of hydrogen-bond acceptors (Lipinski definition) is 4. The van der Waals surface area contributed by atoms with Crippen molar-refractivity contribution in [1.29, 1.82) is 0 Å². The lowest BCUT2D eigenvalue weighted by atomic mass is 10.2.